The van der Waals surface area contributed by atoms with E-state index in [1.165, 1.54) is 4.90 Å². The Morgan fingerprint density at radius 2 is 1.86 bits per heavy atom. The lowest BCUT2D eigenvalue weighted by molar-refractivity contribution is -0.200. The van der Waals surface area contributed by atoms with Gasteiger partial charge in [0.1, 0.15) is 5.54 Å². The van der Waals surface area contributed by atoms with Crippen LogP contribution in [0.2, 0.25) is 0 Å². The van der Waals surface area contributed by atoms with Gasteiger partial charge in [-0.15, -0.1) is 0 Å². The molecule has 21 heavy (non-hydrogen) atoms. The Morgan fingerprint density at radius 3 is 2.38 bits per heavy atom. The van der Waals surface area contributed by atoms with Crippen molar-refractivity contribution in [3.8, 4) is 0 Å². The van der Waals surface area contributed by atoms with E-state index in [0.29, 0.717) is 12.8 Å². The molecule has 1 aliphatic heterocycles. The van der Waals surface area contributed by atoms with Crippen LogP contribution in [0.3, 0.4) is 0 Å². The fourth-order valence-corrected chi connectivity index (χ4v) is 3.25. The van der Waals surface area contributed by atoms with Crippen LogP contribution in [-0.4, -0.2) is 46.7 Å². The van der Waals surface area contributed by atoms with Crippen LogP contribution in [0.4, 0.5) is 13.2 Å². The molecule has 2 aliphatic rings. The largest absolute Gasteiger partial charge is 0.480 e. The maximum atomic E-state index is 13.0. The average Bonchev–Trinajstić information content (AvgIpc) is 2.81. The molecule has 2 rings (SSSR count). The van der Waals surface area contributed by atoms with Crippen molar-refractivity contribution >= 4 is 11.9 Å². The van der Waals surface area contributed by atoms with Crippen molar-refractivity contribution in [3.63, 3.8) is 0 Å². The molecule has 8 heteroatoms. The fourth-order valence-electron chi connectivity index (χ4n) is 3.25. The van der Waals surface area contributed by atoms with Gasteiger partial charge in [0, 0.05) is 19.0 Å². The molecular formula is C13H19F3N2O3. The summed E-state index contributed by atoms with van der Waals surface area (Å²) in [5.41, 5.74) is 4.12. The maximum Gasteiger partial charge on any atom is 0.392 e. The first-order valence-corrected chi connectivity index (χ1v) is 7.03. The molecule has 1 amide bonds. The Labute approximate surface area is 120 Å². The van der Waals surface area contributed by atoms with Crippen molar-refractivity contribution < 1.29 is 27.9 Å². The van der Waals surface area contributed by atoms with Gasteiger partial charge in [0.2, 0.25) is 5.91 Å². The number of nitrogens with zero attached hydrogens (tertiary/aromatic N) is 1. The van der Waals surface area contributed by atoms with Crippen LogP contribution in [0.15, 0.2) is 0 Å². The molecule has 1 heterocycles. The molecular weight excluding hydrogens is 289 g/mol. The molecule has 0 radical (unpaired) electrons. The topological polar surface area (TPSA) is 83.6 Å². The van der Waals surface area contributed by atoms with Crippen molar-refractivity contribution in [2.24, 2.45) is 17.6 Å². The molecule has 1 saturated heterocycles. The summed E-state index contributed by atoms with van der Waals surface area (Å²) in [5.74, 6) is -4.56. The minimum atomic E-state index is -4.40. The monoisotopic (exact) mass is 308 g/mol. The summed E-state index contributed by atoms with van der Waals surface area (Å²) in [5, 5.41) is 9.02. The van der Waals surface area contributed by atoms with Gasteiger partial charge < -0.3 is 15.7 Å². The zero-order chi connectivity index (χ0) is 15.8. The Hall–Kier alpha value is -1.31. The van der Waals surface area contributed by atoms with Gasteiger partial charge in [-0.05, 0) is 19.3 Å². The third-order valence-electron chi connectivity index (χ3n) is 4.54. The predicted molar refractivity (Wildman–Crippen MR) is 67.3 cm³/mol. The third-order valence-corrected chi connectivity index (χ3v) is 4.54. The molecule has 3 N–H and O–H groups in total. The lowest BCUT2D eigenvalue weighted by atomic mass is 9.78. The molecule has 0 spiro atoms. The summed E-state index contributed by atoms with van der Waals surface area (Å²) in [6.45, 7) is -0.120. The summed E-state index contributed by atoms with van der Waals surface area (Å²) in [6, 6.07) is 0. The summed E-state index contributed by atoms with van der Waals surface area (Å²) in [6.07, 6.45) is -3.12. The Morgan fingerprint density at radius 1 is 1.24 bits per heavy atom. The highest BCUT2D eigenvalue weighted by molar-refractivity contribution is 5.84. The van der Waals surface area contributed by atoms with Crippen molar-refractivity contribution in [1.82, 2.24) is 4.90 Å². The quantitative estimate of drug-likeness (QED) is 0.807. The van der Waals surface area contributed by atoms with Crippen LogP contribution >= 0.6 is 0 Å². The molecule has 5 nitrogen and oxygen atoms in total. The number of halogens is 3. The number of amides is 1. The highest BCUT2D eigenvalue weighted by atomic mass is 19.4. The number of carboxylic acid groups (broad SMARTS) is 1. The second-order valence-electron chi connectivity index (χ2n) is 6.01. The standard InChI is InChI=1S/C13H19F3N2O3/c14-13(15,16)9-4-2-1-3-8(9)10(19)18-6-5-12(17,7-18)11(20)21/h8-9H,1-7,17H2,(H,20,21). The van der Waals surface area contributed by atoms with Crippen molar-refractivity contribution in [1.29, 1.82) is 0 Å². The normalized spacial score (nSPS) is 34.0. The van der Waals surface area contributed by atoms with E-state index in [2.05, 4.69) is 0 Å². The van der Waals surface area contributed by atoms with Crippen LogP contribution in [0.1, 0.15) is 32.1 Å². The van der Waals surface area contributed by atoms with E-state index >= 15 is 0 Å². The van der Waals surface area contributed by atoms with E-state index in [9.17, 15) is 22.8 Å². The summed E-state index contributed by atoms with van der Waals surface area (Å²) in [7, 11) is 0. The number of aliphatic carboxylic acids is 1. The molecule has 0 bridgehead atoms. The van der Waals surface area contributed by atoms with Gasteiger partial charge in [0.25, 0.3) is 0 Å². The second kappa shape index (κ2) is 5.47. The van der Waals surface area contributed by atoms with E-state index in [-0.39, 0.29) is 32.4 Å². The second-order valence-corrected chi connectivity index (χ2v) is 6.01. The fraction of sp³-hybridized carbons (Fsp3) is 0.846. The number of carbonyl (C=O) groups excluding carboxylic acids is 1. The van der Waals surface area contributed by atoms with Crippen LogP contribution in [0.25, 0.3) is 0 Å². The van der Waals surface area contributed by atoms with Crippen LogP contribution in [0.5, 0.6) is 0 Å². The third kappa shape index (κ3) is 3.14. The minimum absolute atomic E-state index is 0.0412. The lowest BCUT2D eigenvalue weighted by Crippen LogP contribution is -2.52. The average molecular weight is 308 g/mol. The first kappa shape index (κ1) is 16.1. The number of carboxylic acids is 1. The van der Waals surface area contributed by atoms with Crippen LogP contribution in [-0.2, 0) is 9.59 Å². The number of likely N-dealkylation sites (tertiary alicyclic amines) is 1. The van der Waals surface area contributed by atoms with Gasteiger partial charge in [-0.2, -0.15) is 13.2 Å². The summed E-state index contributed by atoms with van der Waals surface area (Å²) in [4.78, 5) is 24.6. The zero-order valence-corrected chi connectivity index (χ0v) is 11.5. The number of hydrogen-bond donors (Lipinski definition) is 2. The lowest BCUT2D eigenvalue weighted by Gasteiger charge is -2.34. The Bertz CT molecular complexity index is 441. The van der Waals surface area contributed by atoms with Gasteiger partial charge in [-0.3, -0.25) is 9.59 Å². The van der Waals surface area contributed by atoms with Crippen molar-refractivity contribution in [2.45, 2.75) is 43.8 Å². The van der Waals surface area contributed by atoms with Gasteiger partial charge >= 0.3 is 12.1 Å². The van der Waals surface area contributed by atoms with Crippen LogP contribution < -0.4 is 5.73 Å². The highest BCUT2D eigenvalue weighted by Crippen LogP contribution is 2.42. The molecule has 0 aromatic rings. The molecule has 1 saturated carbocycles. The van der Waals surface area contributed by atoms with E-state index < -0.39 is 35.4 Å². The molecule has 1 aliphatic carbocycles. The minimum Gasteiger partial charge on any atom is -0.480 e. The Kier molecular flexibility index (Phi) is 4.19. The SMILES string of the molecule is NC1(C(=O)O)CCN(C(=O)C2CCCCC2C(F)(F)F)C1. The molecule has 3 unspecified atom stereocenters. The van der Waals surface area contributed by atoms with E-state index in [1.54, 1.807) is 0 Å². The van der Waals surface area contributed by atoms with Crippen molar-refractivity contribution in [2.75, 3.05) is 13.1 Å². The first-order chi connectivity index (χ1) is 9.65. The summed E-state index contributed by atoms with van der Waals surface area (Å²) < 4.78 is 39.1. The number of hydrogen-bond acceptors (Lipinski definition) is 3. The maximum absolute atomic E-state index is 13.0. The number of rotatable bonds is 2. The molecule has 120 valence electrons. The number of carbonyl (C=O) groups is 2. The number of alkyl halides is 3. The van der Waals surface area contributed by atoms with Crippen molar-refractivity contribution in [3.05, 3.63) is 0 Å². The predicted octanol–water partition coefficient (Wildman–Crippen LogP) is 1.37. The number of nitrogens with two attached hydrogens (primary N) is 1. The van der Waals surface area contributed by atoms with Crippen LogP contribution in [0, 0.1) is 11.8 Å². The molecule has 2 fully saturated rings. The van der Waals surface area contributed by atoms with E-state index in [4.69, 9.17) is 10.8 Å². The smallest absolute Gasteiger partial charge is 0.392 e. The van der Waals surface area contributed by atoms with E-state index in [0.717, 1.165) is 0 Å². The van der Waals surface area contributed by atoms with Gasteiger partial charge in [0.15, 0.2) is 0 Å². The highest BCUT2D eigenvalue weighted by Gasteiger charge is 2.51. The van der Waals surface area contributed by atoms with E-state index in [1.807, 2.05) is 0 Å². The first-order valence-electron chi connectivity index (χ1n) is 7.03. The zero-order valence-electron chi connectivity index (χ0n) is 11.5. The molecule has 3 atom stereocenters. The van der Waals surface area contributed by atoms with Gasteiger partial charge in [-0.1, -0.05) is 12.8 Å². The summed E-state index contributed by atoms with van der Waals surface area (Å²) >= 11 is 0. The Balaban J connectivity index is 2.10. The molecule has 0 aromatic heterocycles. The molecule has 0 aromatic carbocycles. The van der Waals surface area contributed by atoms with Gasteiger partial charge in [-0.25, -0.2) is 0 Å². The van der Waals surface area contributed by atoms with Gasteiger partial charge in [0.05, 0.1) is 5.92 Å².